The van der Waals surface area contributed by atoms with E-state index in [0.717, 1.165) is 36.9 Å². The SMILES string of the molecule is CC(C)S(=O)n1cc(C(=O)O)c2c1CCCC2. The molecule has 1 aliphatic carbocycles. The summed E-state index contributed by atoms with van der Waals surface area (Å²) in [5.41, 5.74) is 2.17. The molecule has 1 aliphatic rings. The van der Waals surface area contributed by atoms with E-state index < -0.39 is 17.0 Å². The molecule has 2 rings (SSSR count). The Hall–Kier alpha value is -1.10. The van der Waals surface area contributed by atoms with Crippen molar-refractivity contribution in [1.82, 2.24) is 3.97 Å². The van der Waals surface area contributed by atoms with Crippen LogP contribution in [0.4, 0.5) is 0 Å². The van der Waals surface area contributed by atoms with Gasteiger partial charge in [0.25, 0.3) is 0 Å². The standard InChI is InChI=1S/C12H17NO3S/c1-8(2)17(16)13-7-10(12(14)15)9-5-3-4-6-11(9)13/h7-8H,3-6H2,1-2H3,(H,14,15). The fourth-order valence-electron chi connectivity index (χ4n) is 2.27. The van der Waals surface area contributed by atoms with Gasteiger partial charge >= 0.3 is 5.97 Å². The molecule has 94 valence electrons. The molecule has 17 heavy (non-hydrogen) atoms. The van der Waals surface area contributed by atoms with E-state index in [1.165, 1.54) is 0 Å². The van der Waals surface area contributed by atoms with Crippen LogP contribution in [0.5, 0.6) is 0 Å². The van der Waals surface area contributed by atoms with Crippen LogP contribution in [-0.4, -0.2) is 24.5 Å². The van der Waals surface area contributed by atoms with Crippen LogP contribution in [0, 0.1) is 0 Å². The topological polar surface area (TPSA) is 59.3 Å². The number of hydrogen-bond donors (Lipinski definition) is 1. The number of carboxylic acid groups (broad SMARTS) is 1. The highest BCUT2D eigenvalue weighted by Gasteiger charge is 2.25. The average Bonchev–Trinajstić information content (AvgIpc) is 2.67. The first-order chi connectivity index (χ1) is 8.02. The van der Waals surface area contributed by atoms with Crippen LogP contribution in [0.3, 0.4) is 0 Å². The Balaban J connectivity index is 2.53. The van der Waals surface area contributed by atoms with Gasteiger partial charge in [0.1, 0.15) is 11.0 Å². The van der Waals surface area contributed by atoms with Gasteiger partial charge in [-0.1, -0.05) is 0 Å². The first-order valence-electron chi connectivity index (χ1n) is 5.89. The van der Waals surface area contributed by atoms with Crippen LogP contribution in [0.15, 0.2) is 6.20 Å². The number of carboxylic acids is 1. The van der Waals surface area contributed by atoms with Crippen molar-refractivity contribution in [2.45, 2.75) is 44.8 Å². The third kappa shape index (κ3) is 2.16. The first kappa shape index (κ1) is 12.4. The maximum absolute atomic E-state index is 12.1. The zero-order chi connectivity index (χ0) is 12.6. The minimum absolute atomic E-state index is 0.00456. The predicted octanol–water partition coefficient (Wildman–Crippen LogP) is 1.99. The zero-order valence-corrected chi connectivity index (χ0v) is 10.9. The summed E-state index contributed by atoms with van der Waals surface area (Å²) >= 11 is 0. The molecule has 1 unspecified atom stereocenters. The summed E-state index contributed by atoms with van der Waals surface area (Å²) in [5, 5.41) is 9.16. The Bertz CT molecular complexity index is 476. The average molecular weight is 255 g/mol. The van der Waals surface area contributed by atoms with Gasteiger partial charge in [-0.25, -0.2) is 9.00 Å². The number of carbonyl (C=O) groups is 1. The van der Waals surface area contributed by atoms with Gasteiger partial charge in [-0.3, -0.25) is 3.97 Å². The van der Waals surface area contributed by atoms with Crippen molar-refractivity contribution in [3.8, 4) is 0 Å². The smallest absolute Gasteiger partial charge is 0.337 e. The van der Waals surface area contributed by atoms with Crippen molar-refractivity contribution in [1.29, 1.82) is 0 Å². The molecule has 1 N–H and O–H groups in total. The Labute approximate surface area is 103 Å². The van der Waals surface area contributed by atoms with Crippen LogP contribution < -0.4 is 0 Å². The van der Waals surface area contributed by atoms with E-state index in [0.29, 0.717) is 5.56 Å². The summed E-state index contributed by atoms with van der Waals surface area (Å²) in [5.74, 6) is -0.914. The molecular weight excluding hydrogens is 238 g/mol. The molecule has 1 aromatic rings. The third-order valence-corrected chi connectivity index (χ3v) is 4.62. The van der Waals surface area contributed by atoms with Crippen LogP contribution in [0.25, 0.3) is 0 Å². The molecule has 0 aliphatic heterocycles. The van der Waals surface area contributed by atoms with Crippen molar-refractivity contribution in [3.05, 3.63) is 23.0 Å². The lowest BCUT2D eigenvalue weighted by Gasteiger charge is -2.16. The number of fused-ring (bicyclic) bond motifs is 1. The lowest BCUT2D eigenvalue weighted by atomic mass is 9.95. The van der Waals surface area contributed by atoms with E-state index in [4.69, 9.17) is 5.11 Å². The second-order valence-corrected chi connectivity index (χ2v) is 6.52. The molecule has 1 aromatic heterocycles. The number of aromatic nitrogens is 1. The zero-order valence-electron chi connectivity index (χ0n) is 10.1. The van der Waals surface area contributed by atoms with Gasteiger partial charge < -0.3 is 5.11 Å². The number of nitrogens with zero attached hydrogens (tertiary/aromatic N) is 1. The van der Waals surface area contributed by atoms with Gasteiger partial charge in [-0.15, -0.1) is 0 Å². The molecule has 0 radical (unpaired) electrons. The second kappa shape index (κ2) is 4.64. The van der Waals surface area contributed by atoms with E-state index in [1.54, 1.807) is 10.2 Å². The molecule has 4 nitrogen and oxygen atoms in total. The Morgan fingerprint density at radius 1 is 1.41 bits per heavy atom. The van der Waals surface area contributed by atoms with E-state index in [2.05, 4.69) is 0 Å². The predicted molar refractivity (Wildman–Crippen MR) is 66.7 cm³/mol. The molecule has 0 aromatic carbocycles. The van der Waals surface area contributed by atoms with Crippen LogP contribution >= 0.6 is 0 Å². The molecule has 5 heteroatoms. The molecule has 0 saturated heterocycles. The molecule has 1 atom stereocenters. The quantitative estimate of drug-likeness (QED) is 0.898. The van der Waals surface area contributed by atoms with Crippen molar-refractivity contribution in [3.63, 3.8) is 0 Å². The van der Waals surface area contributed by atoms with Crippen molar-refractivity contribution < 1.29 is 14.1 Å². The summed E-state index contributed by atoms with van der Waals surface area (Å²) in [6, 6.07) is 0. The van der Waals surface area contributed by atoms with Gasteiger partial charge in [0.2, 0.25) is 0 Å². The van der Waals surface area contributed by atoms with Gasteiger partial charge in [0.05, 0.1) is 5.56 Å². The Morgan fingerprint density at radius 3 is 2.65 bits per heavy atom. The molecule has 0 spiro atoms. The Kier molecular flexibility index (Phi) is 3.38. The van der Waals surface area contributed by atoms with Crippen LogP contribution in [-0.2, 0) is 23.8 Å². The summed E-state index contributed by atoms with van der Waals surface area (Å²) < 4.78 is 13.8. The summed E-state index contributed by atoms with van der Waals surface area (Å²) in [4.78, 5) is 11.2. The minimum Gasteiger partial charge on any atom is -0.478 e. The van der Waals surface area contributed by atoms with Crippen molar-refractivity contribution in [2.75, 3.05) is 0 Å². The van der Waals surface area contributed by atoms with Crippen molar-refractivity contribution >= 4 is 17.0 Å². The molecular formula is C12H17NO3S. The summed E-state index contributed by atoms with van der Waals surface area (Å²) in [6.07, 6.45) is 5.24. The largest absolute Gasteiger partial charge is 0.478 e. The van der Waals surface area contributed by atoms with Gasteiger partial charge in [0.15, 0.2) is 0 Å². The maximum Gasteiger partial charge on any atom is 0.337 e. The lowest BCUT2D eigenvalue weighted by Crippen LogP contribution is -2.17. The molecule has 1 heterocycles. The molecule has 0 saturated carbocycles. The number of aromatic carboxylic acids is 1. The lowest BCUT2D eigenvalue weighted by molar-refractivity contribution is 0.0695. The van der Waals surface area contributed by atoms with Crippen LogP contribution in [0.1, 0.15) is 48.3 Å². The Morgan fingerprint density at radius 2 is 2.06 bits per heavy atom. The first-order valence-corrected chi connectivity index (χ1v) is 7.06. The summed E-state index contributed by atoms with van der Waals surface area (Å²) in [6.45, 7) is 3.76. The molecule has 0 fully saturated rings. The third-order valence-electron chi connectivity index (χ3n) is 3.10. The fourth-order valence-corrected chi connectivity index (χ4v) is 3.35. The fraction of sp³-hybridized carbons (Fsp3) is 0.583. The van der Waals surface area contributed by atoms with Crippen molar-refractivity contribution in [2.24, 2.45) is 0 Å². The van der Waals surface area contributed by atoms with Gasteiger partial charge in [-0.05, 0) is 45.1 Å². The van der Waals surface area contributed by atoms with Crippen LogP contribution in [0.2, 0.25) is 0 Å². The molecule has 0 bridgehead atoms. The minimum atomic E-state index is -1.17. The highest BCUT2D eigenvalue weighted by molar-refractivity contribution is 7.84. The van der Waals surface area contributed by atoms with Gasteiger partial charge in [0, 0.05) is 17.1 Å². The monoisotopic (exact) mass is 255 g/mol. The maximum atomic E-state index is 12.1. The summed E-state index contributed by atoms with van der Waals surface area (Å²) in [7, 11) is -1.17. The van der Waals surface area contributed by atoms with E-state index in [1.807, 2.05) is 13.8 Å². The number of hydrogen-bond acceptors (Lipinski definition) is 2. The molecule has 0 amide bonds. The van der Waals surface area contributed by atoms with E-state index in [-0.39, 0.29) is 5.25 Å². The highest BCUT2D eigenvalue weighted by Crippen LogP contribution is 2.27. The number of rotatable bonds is 3. The van der Waals surface area contributed by atoms with Gasteiger partial charge in [-0.2, -0.15) is 0 Å². The van der Waals surface area contributed by atoms with E-state index in [9.17, 15) is 9.00 Å². The van der Waals surface area contributed by atoms with E-state index >= 15 is 0 Å². The highest BCUT2D eigenvalue weighted by atomic mass is 32.2. The second-order valence-electron chi connectivity index (χ2n) is 4.63. The normalized spacial score (nSPS) is 16.9.